The van der Waals surface area contributed by atoms with Crippen LogP contribution >= 0.6 is 0 Å². The molecule has 0 atom stereocenters. The fourth-order valence-electron chi connectivity index (χ4n) is 1.72. The van der Waals surface area contributed by atoms with Gasteiger partial charge in [-0.1, -0.05) is 16.4 Å². The molecule has 11 heteroatoms. The zero-order chi connectivity index (χ0) is 18.0. The molecule has 3 rings (SSSR count). The first-order chi connectivity index (χ1) is 11.8. The van der Waals surface area contributed by atoms with E-state index in [-0.39, 0.29) is 11.9 Å². The molecule has 0 aliphatic heterocycles. The van der Waals surface area contributed by atoms with Crippen LogP contribution in [0.15, 0.2) is 24.3 Å². The first kappa shape index (κ1) is 16.7. The highest BCUT2D eigenvalue weighted by Crippen LogP contribution is 2.30. The molecular weight excluding hydrogens is 347 g/mol. The molecule has 2 aromatic rings. The molecule has 0 spiro atoms. The molecule has 1 N–H and O–H groups in total. The number of benzene rings is 1. The van der Waals surface area contributed by atoms with Crippen LogP contribution in [-0.2, 0) is 9.53 Å². The third-order valence-corrected chi connectivity index (χ3v) is 2.98. The fraction of sp³-hybridized carbons (Fsp3) is 0.286. The molecule has 25 heavy (non-hydrogen) atoms. The summed E-state index contributed by atoms with van der Waals surface area (Å²) in [7, 11) is 0. The lowest BCUT2D eigenvalue weighted by Gasteiger charge is -2.08. The summed E-state index contributed by atoms with van der Waals surface area (Å²) in [5, 5.41) is 8.74. The van der Waals surface area contributed by atoms with Gasteiger partial charge in [0.1, 0.15) is 11.5 Å². The summed E-state index contributed by atoms with van der Waals surface area (Å²) in [4.78, 5) is 22.3. The molecule has 132 valence electrons. The predicted molar refractivity (Wildman–Crippen MR) is 73.0 cm³/mol. The number of esters is 2. The minimum absolute atomic E-state index is 0.154. The van der Waals surface area contributed by atoms with Gasteiger partial charge in [-0.25, -0.2) is 14.7 Å². The Balaban J connectivity index is 1.71. The van der Waals surface area contributed by atoms with Crippen molar-refractivity contribution in [1.29, 1.82) is 0 Å². The quantitative estimate of drug-likeness (QED) is 0.647. The van der Waals surface area contributed by atoms with Crippen molar-refractivity contribution < 1.29 is 37.0 Å². The number of hydrogen-bond acceptors (Lipinski definition) is 7. The first-order valence-electron chi connectivity index (χ1n) is 7.02. The maximum atomic E-state index is 12.1. The third kappa shape index (κ3) is 4.25. The molecule has 1 aliphatic carbocycles. The number of aromatic amines is 1. The van der Waals surface area contributed by atoms with E-state index >= 15 is 0 Å². The molecule has 0 radical (unpaired) electrons. The number of carbonyl (C=O) groups excluding carboxylic acids is 2. The highest BCUT2D eigenvalue weighted by Gasteiger charge is 2.43. The average Bonchev–Trinajstić information content (AvgIpc) is 3.22. The van der Waals surface area contributed by atoms with Crippen molar-refractivity contribution in [2.24, 2.45) is 0 Å². The number of halogens is 3. The van der Waals surface area contributed by atoms with E-state index in [1.807, 2.05) is 5.10 Å². The van der Waals surface area contributed by atoms with Crippen LogP contribution in [0.4, 0.5) is 13.2 Å². The lowest BCUT2D eigenvalue weighted by atomic mass is 10.3. The Morgan fingerprint density at radius 1 is 1.20 bits per heavy atom. The Morgan fingerprint density at radius 2 is 1.92 bits per heavy atom. The van der Waals surface area contributed by atoms with Gasteiger partial charge in [-0.2, -0.15) is 13.2 Å². The number of alkyl halides is 3. The second-order valence-corrected chi connectivity index (χ2v) is 5.06. The van der Waals surface area contributed by atoms with Crippen LogP contribution in [-0.4, -0.2) is 39.6 Å². The van der Waals surface area contributed by atoms with Gasteiger partial charge in [-0.3, -0.25) is 0 Å². The molecule has 8 nitrogen and oxygen atoms in total. The van der Waals surface area contributed by atoms with Crippen LogP contribution in [0.5, 0.6) is 17.4 Å². The molecule has 1 heterocycles. The molecule has 0 unspecified atom stereocenters. The van der Waals surface area contributed by atoms with Crippen LogP contribution in [0.25, 0.3) is 0 Å². The van der Waals surface area contributed by atoms with E-state index in [1.165, 1.54) is 12.1 Å². The summed E-state index contributed by atoms with van der Waals surface area (Å²) in [6.07, 6.45) is -3.24. The van der Waals surface area contributed by atoms with Gasteiger partial charge in [0, 0.05) is 6.07 Å². The van der Waals surface area contributed by atoms with E-state index < -0.39 is 29.7 Å². The van der Waals surface area contributed by atoms with Crippen LogP contribution in [0.1, 0.15) is 23.3 Å². The van der Waals surface area contributed by atoms with Gasteiger partial charge in [0.05, 0.1) is 6.10 Å². The third-order valence-electron chi connectivity index (χ3n) is 2.98. The molecule has 1 aromatic carbocycles. The SMILES string of the molecule is O=C(OC(=O)C(F)(F)F)c1[nH]nnc1Oc1cccc(OC2CC2)c1. The molecule has 1 aromatic heterocycles. The Morgan fingerprint density at radius 3 is 2.60 bits per heavy atom. The normalized spacial score (nSPS) is 14.0. The van der Waals surface area contributed by atoms with Crippen LogP contribution in [0, 0.1) is 0 Å². The highest BCUT2D eigenvalue weighted by atomic mass is 19.4. The average molecular weight is 357 g/mol. The number of nitrogens with one attached hydrogen (secondary N) is 1. The Labute approximate surface area is 137 Å². The molecule has 1 aliphatic rings. The van der Waals surface area contributed by atoms with Crippen molar-refractivity contribution in [2.45, 2.75) is 25.1 Å². The topological polar surface area (TPSA) is 103 Å². The van der Waals surface area contributed by atoms with Gasteiger partial charge in [-0.05, 0) is 25.0 Å². The van der Waals surface area contributed by atoms with Gasteiger partial charge in [0.25, 0.3) is 5.88 Å². The summed E-state index contributed by atoms with van der Waals surface area (Å²) in [5.74, 6) is -3.97. The van der Waals surface area contributed by atoms with Gasteiger partial charge in [-0.15, -0.1) is 0 Å². The van der Waals surface area contributed by atoms with Gasteiger partial charge in [0.2, 0.25) is 5.69 Å². The summed E-state index contributed by atoms with van der Waals surface area (Å²) in [6.45, 7) is 0. The molecule has 0 saturated heterocycles. The van der Waals surface area contributed by atoms with E-state index in [4.69, 9.17) is 9.47 Å². The Hall–Kier alpha value is -3.11. The van der Waals surface area contributed by atoms with Crippen LogP contribution in [0.2, 0.25) is 0 Å². The lowest BCUT2D eigenvalue weighted by Crippen LogP contribution is -2.28. The van der Waals surface area contributed by atoms with E-state index in [2.05, 4.69) is 15.0 Å². The van der Waals surface area contributed by atoms with Crippen molar-refractivity contribution in [3.8, 4) is 17.4 Å². The largest absolute Gasteiger partial charge is 0.491 e. The summed E-state index contributed by atoms with van der Waals surface area (Å²) in [5.41, 5.74) is -0.633. The maximum Gasteiger partial charge on any atom is 0.491 e. The van der Waals surface area contributed by atoms with E-state index in [0.717, 1.165) is 12.8 Å². The summed E-state index contributed by atoms with van der Waals surface area (Å²) >= 11 is 0. The molecule has 1 saturated carbocycles. The lowest BCUT2D eigenvalue weighted by molar-refractivity contribution is -0.193. The van der Waals surface area contributed by atoms with Crippen molar-refractivity contribution in [3.63, 3.8) is 0 Å². The molecule has 0 bridgehead atoms. The fourth-order valence-corrected chi connectivity index (χ4v) is 1.72. The van der Waals surface area contributed by atoms with E-state index in [9.17, 15) is 22.8 Å². The zero-order valence-corrected chi connectivity index (χ0v) is 12.4. The number of carbonyl (C=O) groups is 2. The number of ether oxygens (including phenoxy) is 3. The Bertz CT molecular complexity index is 801. The van der Waals surface area contributed by atoms with Gasteiger partial charge >= 0.3 is 18.1 Å². The maximum absolute atomic E-state index is 12.1. The number of nitrogens with zero attached hydrogens (tertiary/aromatic N) is 2. The number of aromatic nitrogens is 3. The number of rotatable bonds is 5. The van der Waals surface area contributed by atoms with Gasteiger partial charge < -0.3 is 14.2 Å². The van der Waals surface area contributed by atoms with E-state index in [1.54, 1.807) is 12.1 Å². The first-order valence-corrected chi connectivity index (χ1v) is 7.02. The van der Waals surface area contributed by atoms with Crippen LogP contribution in [0.3, 0.4) is 0 Å². The van der Waals surface area contributed by atoms with Crippen molar-refractivity contribution in [2.75, 3.05) is 0 Å². The van der Waals surface area contributed by atoms with Crippen molar-refractivity contribution in [3.05, 3.63) is 30.0 Å². The van der Waals surface area contributed by atoms with Crippen molar-refractivity contribution in [1.82, 2.24) is 15.4 Å². The standard InChI is InChI=1S/C14H10F3N3O5/c15-14(16,17)13(22)25-12(21)10-11(19-20-18-10)24-9-3-1-2-8(6-9)23-7-4-5-7/h1-3,6-7H,4-5H2,(H,18,19,20). The molecular formula is C14H10F3N3O5. The number of H-pyrrole nitrogens is 1. The number of hydrogen-bond donors (Lipinski definition) is 1. The zero-order valence-electron chi connectivity index (χ0n) is 12.4. The summed E-state index contributed by atoms with van der Waals surface area (Å²) < 4.78 is 51.0. The predicted octanol–water partition coefficient (Wildman–Crippen LogP) is 2.38. The second kappa shape index (κ2) is 6.42. The molecule has 0 amide bonds. The Kier molecular flexibility index (Phi) is 4.30. The molecule has 1 fully saturated rings. The van der Waals surface area contributed by atoms with Gasteiger partial charge in [0.15, 0.2) is 0 Å². The monoisotopic (exact) mass is 357 g/mol. The second-order valence-electron chi connectivity index (χ2n) is 5.06. The summed E-state index contributed by atoms with van der Waals surface area (Å²) in [6, 6.07) is 6.36. The minimum Gasteiger partial charge on any atom is -0.490 e. The minimum atomic E-state index is -5.31. The smallest absolute Gasteiger partial charge is 0.490 e. The van der Waals surface area contributed by atoms with E-state index in [0.29, 0.717) is 5.75 Å². The highest BCUT2D eigenvalue weighted by molar-refractivity contribution is 5.98. The van der Waals surface area contributed by atoms with Crippen molar-refractivity contribution >= 4 is 11.9 Å². The van der Waals surface area contributed by atoms with Crippen LogP contribution < -0.4 is 9.47 Å².